The molecule has 0 fully saturated rings. The number of likely N-dealkylation sites (N-methyl/N-ethyl adjacent to an activating group) is 1. The second-order valence-corrected chi connectivity index (χ2v) is 6.46. The standard InChI is InChI=1S/C19H18N4O4/c1-23(9-17-21-14-5-3-2-4-13(14)19(25)22-17)10-18(24)20-12-6-7-15-16(8-12)27-11-26-15/h2-8H,9-11H2,1H3,(H,20,24)(H,21,22,25)/p+1. The molecule has 8 heteroatoms. The van der Waals surface area contributed by atoms with Crippen LogP contribution >= 0.6 is 0 Å². The summed E-state index contributed by atoms with van der Waals surface area (Å²) in [5.41, 5.74) is 1.12. The lowest BCUT2D eigenvalue weighted by molar-refractivity contribution is -0.885. The van der Waals surface area contributed by atoms with Gasteiger partial charge < -0.3 is 24.7 Å². The molecule has 0 aliphatic carbocycles. The fraction of sp³-hybridized carbons (Fsp3) is 0.211. The highest BCUT2D eigenvalue weighted by atomic mass is 16.7. The Kier molecular flexibility index (Phi) is 4.47. The minimum atomic E-state index is -0.173. The van der Waals surface area contributed by atoms with Gasteiger partial charge >= 0.3 is 0 Å². The molecule has 2 aromatic carbocycles. The maximum Gasteiger partial charge on any atom is 0.279 e. The molecule has 138 valence electrons. The maximum atomic E-state index is 12.3. The first-order valence-electron chi connectivity index (χ1n) is 8.57. The Morgan fingerprint density at radius 1 is 1.22 bits per heavy atom. The second kappa shape index (κ2) is 7.08. The average Bonchev–Trinajstić information content (AvgIpc) is 3.09. The van der Waals surface area contributed by atoms with Gasteiger partial charge in [-0.25, -0.2) is 4.98 Å². The van der Waals surface area contributed by atoms with Crippen LogP contribution in [-0.2, 0) is 11.3 Å². The third-order valence-electron chi connectivity index (χ3n) is 4.25. The number of hydrogen-bond acceptors (Lipinski definition) is 5. The van der Waals surface area contributed by atoms with Gasteiger partial charge in [-0.3, -0.25) is 9.59 Å². The summed E-state index contributed by atoms with van der Waals surface area (Å²) in [4.78, 5) is 32.6. The molecule has 1 unspecified atom stereocenters. The number of anilines is 1. The zero-order valence-electron chi connectivity index (χ0n) is 14.7. The summed E-state index contributed by atoms with van der Waals surface area (Å²) in [6.07, 6.45) is 0. The Labute approximate surface area is 154 Å². The maximum absolute atomic E-state index is 12.3. The van der Waals surface area contributed by atoms with Crippen molar-refractivity contribution in [3.8, 4) is 11.5 Å². The number of carbonyl (C=O) groups is 1. The largest absolute Gasteiger partial charge is 0.454 e. The van der Waals surface area contributed by atoms with E-state index in [0.717, 1.165) is 4.90 Å². The van der Waals surface area contributed by atoms with Crippen molar-refractivity contribution in [2.75, 3.05) is 25.7 Å². The lowest BCUT2D eigenvalue weighted by Crippen LogP contribution is -3.08. The van der Waals surface area contributed by atoms with E-state index in [1.165, 1.54) is 0 Å². The Balaban J connectivity index is 1.39. The number of benzene rings is 2. The van der Waals surface area contributed by atoms with Crippen LogP contribution in [0.15, 0.2) is 47.3 Å². The Morgan fingerprint density at radius 2 is 2.04 bits per heavy atom. The van der Waals surface area contributed by atoms with Gasteiger partial charge in [-0.05, 0) is 24.3 Å². The van der Waals surface area contributed by atoms with Gasteiger partial charge in [0, 0.05) is 11.8 Å². The van der Waals surface area contributed by atoms with E-state index in [0.29, 0.717) is 40.5 Å². The molecule has 3 N–H and O–H groups in total. The molecular formula is C19H19N4O4+. The first-order chi connectivity index (χ1) is 13.1. The van der Waals surface area contributed by atoms with Crippen molar-refractivity contribution in [1.29, 1.82) is 0 Å². The van der Waals surface area contributed by atoms with Crippen LogP contribution in [-0.4, -0.2) is 36.3 Å². The SMILES string of the molecule is C[NH+](CC(=O)Nc1ccc2c(c1)OCO2)Cc1nc2ccccc2c(=O)[nH]1. The number of hydrogen-bond donors (Lipinski definition) is 3. The van der Waals surface area contributed by atoms with Crippen LogP contribution in [0.1, 0.15) is 5.82 Å². The van der Waals surface area contributed by atoms with Crippen molar-refractivity contribution in [3.05, 3.63) is 58.6 Å². The van der Waals surface area contributed by atoms with Gasteiger partial charge in [0.15, 0.2) is 23.9 Å². The predicted molar refractivity (Wildman–Crippen MR) is 99.0 cm³/mol. The van der Waals surface area contributed by atoms with E-state index in [9.17, 15) is 9.59 Å². The summed E-state index contributed by atoms with van der Waals surface area (Å²) in [5, 5.41) is 3.40. The molecule has 0 saturated carbocycles. The second-order valence-electron chi connectivity index (χ2n) is 6.46. The molecule has 3 aromatic rings. The number of quaternary nitrogens is 1. The number of carbonyl (C=O) groups excluding carboxylic acids is 1. The third-order valence-corrected chi connectivity index (χ3v) is 4.25. The highest BCUT2D eigenvalue weighted by Crippen LogP contribution is 2.34. The van der Waals surface area contributed by atoms with E-state index in [1.807, 2.05) is 13.1 Å². The number of nitrogens with zero attached hydrogens (tertiary/aromatic N) is 1. The molecule has 0 bridgehead atoms. The molecule has 0 saturated heterocycles. The summed E-state index contributed by atoms with van der Waals surface area (Å²) in [6.45, 7) is 0.843. The van der Waals surface area contributed by atoms with Crippen LogP contribution in [0, 0.1) is 0 Å². The molecule has 8 nitrogen and oxygen atoms in total. The van der Waals surface area contributed by atoms with Crippen LogP contribution in [0.4, 0.5) is 5.69 Å². The van der Waals surface area contributed by atoms with Crippen molar-refractivity contribution < 1.29 is 19.2 Å². The van der Waals surface area contributed by atoms with Gasteiger partial charge in [0.2, 0.25) is 6.79 Å². The highest BCUT2D eigenvalue weighted by Gasteiger charge is 2.16. The van der Waals surface area contributed by atoms with E-state index in [-0.39, 0.29) is 24.8 Å². The number of ether oxygens (including phenoxy) is 2. The zero-order chi connectivity index (χ0) is 18.8. The number of nitrogens with one attached hydrogen (secondary N) is 3. The van der Waals surface area contributed by atoms with Crippen molar-refractivity contribution in [2.45, 2.75) is 6.54 Å². The number of para-hydroxylation sites is 1. The van der Waals surface area contributed by atoms with Crippen molar-refractivity contribution in [3.63, 3.8) is 0 Å². The first-order valence-corrected chi connectivity index (χ1v) is 8.57. The topological polar surface area (TPSA) is 97.8 Å². The Bertz CT molecular complexity index is 1060. The summed E-state index contributed by atoms with van der Waals surface area (Å²) < 4.78 is 10.6. The minimum absolute atomic E-state index is 0.144. The van der Waals surface area contributed by atoms with Crippen LogP contribution < -0.4 is 25.2 Å². The lowest BCUT2D eigenvalue weighted by atomic mass is 10.2. The Morgan fingerprint density at radius 3 is 2.93 bits per heavy atom. The average molecular weight is 367 g/mol. The molecule has 1 atom stereocenters. The first kappa shape index (κ1) is 17.0. The molecule has 2 heterocycles. The van der Waals surface area contributed by atoms with Gasteiger partial charge in [0.05, 0.1) is 18.0 Å². The zero-order valence-corrected chi connectivity index (χ0v) is 14.7. The van der Waals surface area contributed by atoms with Gasteiger partial charge in [0.25, 0.3) is 11.5 Å². The molecule has 27 heavy (non-hydrogen) atoms. The third kappa shape index (κ3) is 3.75. The lowest BCUT2D eigenvalue weighted by Gasteiger charge is -2.13. The molecule has 1 aromatic heterocycles. The molecule has 1 aliphatic heterocycles. The van der Waals surface area contributed by atoms with E-state index in [4.69, 9.17) is 9.47 Å². The fourth-order valence-electron chi connectivity index (χ4n) is 3.02. The molecule has 4 rings (SSSR count). The number of fused-ring (bicyclic) bond motifs is 2. The van der Waals surface area contributed by atoms with Gasteiger partial charge in [0.1, 0.15) is 6.54 Å². The van der Waals surface area contributed by atoms with E-state index < -0.39 is 0 Å². The van der Waals surface area contributed by atoms with Crippen molar-refractivity contribution >= 4 is 22.5 Å². The van der Waals surface area contributed by atoms with Gasteiger partial charge in [-0.1, -0.05) is 12.1 Å². The molecule has 1 aliphatic rings. The van der Waals surface area contributed by atoms with Crippen LogP contribution in [0.3, 0.4) is 0 Å². The number of H-pyrrole nitrogens is 1. The Hall–Kier alpha value is -3.39. The van der Waals surface area contributed by atoms with Gasteiger partial charge in [-0.2, -0.15) is 0 Å². The smallest absolute Gasteiger partial charge is 0.279 e. The molecule has 1 amide bonds. The minimum Gasteiger partial charge on any atom is -0.454 e. The summed E-state index contributed by atoms with van der Waals surface area (Å²) in [5.74, 6) is 1.69. The van der Waals surface area contributed by atoms with Crippen LogP contribution in [0.25, 0.3) is 10.9 Å². The molecule has 0 radical (unpaired) electrons. The van der Waals surface area contributed by atoms with Crippen molar-refractivity contribution in [1.82, 2.24) is 9.97 Å². The van der Waals surface area contributed by atoms with E-state index in [1.54, 1.807) is 36.4 Å². The van der Waals surface area contributed by atoms with Gasteiger partial charge in [-0.15, -0.1) is 0 Å². The number of amides is 1. The molecule has 0 spiro atoms. The number of aromatic amines is 1. The summed E-state index contributed by atoms with van der Waals surface area (Å²) >= 11 is 0. The number of rotatable bonds is 5. The highest BCUT2D eigenvalue weighted by molar-refractivity contribution is 5.91. The molecular weight excluding hydrogens is 348 g/mol. The van der Waals surface area contributed by atoms with Crippen LogP contribution in [0.2, 0.25) is 0 Å². The predicted octanol–water partition coefficient (Wildman–Crippen LogP) is 0.305. The summed E-state index contributed by atoms with van der Waals surface area (Å²) in [6, 6.07) is 12.4. The normalized spacial score (nSPS) is 13.5. The van der Waals surface area contributed by atoms with E-state index >= 15 is 0 Å². The summed E-state index contributed by atoms with van der Waals surface area (Å²) in [7, 11) is 1.87. The number of aromatic nitrogens is 2. The quantitative estimate of drug-likeness (QED) is 0.603. The van der Waals surface area contributed by atoms with E-state index in [2.05, 4.69) is 15.3 Å². The monoisotopic (exact) mass is 367 g/mol. The van der Waals surface area contributed by atoms with Crippen LogP contribution in [0.5, 0.6) is 11.5 Å². The van der Waals surface area contributed by atoms with Crippen molar-refractivity contribution in [2.24, 2.45) is 0 Å². The fourth-order valence-corrected chi connectivity index (χ4v) is 3.02.